The van der Waals surface area contributed by atoms with Crippen molar-refractivity contribution in [3.05, 3.63) is 35.9 Å². The third kappa shape index (κ3) is 2.83. The van der Waals surface area contributed by atoms with Gasteiger partial charge >= 0.3 is 0 Å². The molecular formula is C17H18O5. The smallest absolute Gasteiger partial charge is 0.203 e. The number of hydrogen-bond donors (Lipinski definition) is 0. The van der Waals surface area contributed by atoms with Crippen molar-refractivity contribution in [1.82, 2.24) is 0 Å². The summed E-state index contributed by atoms with van der Waals surface area (Å²) in [6.07, 6.45) is 0.793. The summed E-state index contributed by atoms with van der Waals surface area (Å²) in [5.74, 6) is 2.20. The highest BCUT2D eigenvalue weighted by Crippen LogP contribution is 2.42. The predicted molar refractivity (Wildman–Crippen MR) is 83.5 cm³/mol. The van der Waals surface area contributed by atoms with E-state index in [1.807, 2.05) is 6.07 Å². The lowest BCUT2D eigenvalue weighted by Crippen LogP contribution is -1.97. The Morgan fingerprint density at radius 2 is 1.45 bits per heavy atom. The van der Waals surface area contributed by atoms with Gasteiger partial charge in [-0.15, -0.1) is 0 Å². The predicted octanol–water partition coefficient (Wildman–Crippen LogP) is 3.20. The van der Waals surface area contributed by atoms with Crippen LogP contribution in [0.2, 0.25) is 0 Å². The van der Waals surface area contributed by atoms with Gasteiger partial charge in [0.25, 0.3) is 0 Å². The molecule has 2 aromatic rings. The SMILES string of the molecule is COc1ccc(-c2cc(OC)c(OC)c(OC)c2)c(C=O)c1. The van der Waals surface area contributed by atoms with E-state index in [1.165, 1.54) is 0 Å². The van der Waals surface area contributed by atoms with Gasteiger partial charge in [0.2, 0.25) is 5.75 Å². The van der Waals surface area contributed by atoms with Crippen LogP contribution < -0.4 is 18.9 Å². The van der Waals surface area contributed by atoms with E-state index < -0.39 is 0 Å². The van der Waals surface area contributed by atoms with Gasteiger partial charge in [0.1, 0.15) is 5.75 Å². The van der Waals surface area contributed by atoms with E-state index in [4.69, 9.17) is 18.9 Å². The maximum atomic E-state index is 11.4. The number of carbonyl (C=O) groups excluding carboxylic acids is 1. The van der Waals surface area contributed by atoms with Crippen molar-refractivity contribution in [3.63, 3.8) is 0 Å². The van der Waals surface area contributed by atoms with Gasteiger partial charge in [0.05, 0.1) is 28.4 Å². The summed E-state index contributed by atoms with van der Waals surface area (Å²) in [7, 11) is 6.21. The van der Waals surface area contributed by atoms with E-state index in [2.05, 4.69) is 0 Å². The third-order valence-corrected chi connectivity index (χ3v) is 3.36. The van der Waals surface area contributed by atoms with Crippen molar-refractivity contribution in [1.29, 1.82) is 0 Å². The van der Waals surface area contributed by atoms with Gasteiger partial charge in [0.15, 0.2) is 17.8 Å². The molecule has 5 heteroatoms. The highest BCUT2D eigenvalue weighted by atomic mass is 16.5. The van der Waals surface area contributed by atoms with Crippen LogP contribution in [0.25, 0.3) is 11.1 Å². The average Bonchev–Trinajstić information content (AvgIpc) is 2.59. The van der Waals surface area contributed by atoms with Crippen LogP contribution in [0.4, 0.5) is 0 Å². The van der Waals surface area contributed by atoms with E-state index >= 15 is 0 Å². The molecule has 0 aliphatic heterocycles. The monoisotopic (exact) mass is 302 g/mol. The van der Waals surface area contributed by atoms with E-state index in [9.17, 15) is 4.79 Å². The number of hydrogen-bond acceptors (Lipinski definition) is 5. The van der Waals surface area contributed by atoms with E-state index in [0.29, 0.717) is 28.6 Å². The molecule has 0 aromatic heterocycles. The van der Waals surface area contributed by atoms with Crippen LogP contribution in [0.15, 0.2) is 30.3 Å². The topological polar surface area (TPSA) is 54.0 Å². The Hall–Kier alpha value is -2.69. The fourth-order valence-electron chi connectivity index (χ4n) is 2.26. The molecule has 0 saturated carbocycles. The van der Waals surface area contributed by atoms with Crippen LogP contribution in [0, 0.1) is 0 Å². The molecule has 5 nitrogen and oxygen atoms in total. The lowest BCUT2D eigenvalue weighted by atomic mass is 9.99. The van der Waals surface area contributed by atoms with Crippen molar-refractivity contribution in [2.45, 2.75) is 0 Å². The summed E-state index contributed by atoms with van der Waals surface area (Å²) < 4.78 is 21.1. The summed E-state index contributed by atoms with van der Waals surface area (Å²) in [6.45, 7) is 0. The first kappa shape index (κ1) is 15.7. The first-order valence-corrected chi connectivity index (χ1v) is 6.62. The molecule has 0 spiro atoms. The molecule has 2 aromatic carbocycles. The zero-order valence-electron chi connectivity index (χ0n) is 13.0. The first-order valence-electron chi connectivity index (χ1n) is 6.62. The molecule has 0 aliphatic carbocycles. The van der Waals surface area contributed by atoms with Crippen LogP contribution in [0.3, 0.4) is 0 Å². The molecule has 0 amide bonds. The standard InChI is InChI=1S/C17H18O5/c1-19-13-5-6-14(12(7-13)10-18)11-8-15(20-2)17(22-4)16(9-11)21-3/h5-10H,1-4H3. The molecule has 0 bridgehead atoms. The second-order valence-corrected chi connectivity index (χ2v) is 4.49. The summed E-state index contributed by atoms with van der Waals surface area (Å²) in [5, 5.41) is 0. The Kier molecular flexibility index (Phi) is 4.88. The summed E-state index contributed by atoms with van der Waals surface area (Å²) >= 11 is 0. The molecule has 2 rings (SSSR count). The van der Waals surface area contributed by atoms with Crippen LogP contribution in [0.5, 0.6) is 23.0 Å². The first-order chi connectivity index (χ1) is 10.7. The van der Waals surface area contributed by atoms with Crippen molar-refractivity contribution < 1.29 is 23.7 Å². The van der Waals surface area contributed by atoms with E-state index in [-0.39, 0.29) is 0 Å². The molecule has 0 atom stereocenters. The molecule has 22 heavy (non-hydrogen) atoms. The van der Waals surface area contributed by atoms with Crippen LogP contribution in [-0.2, 0) is 0 Å². The molecule has 0 N–H and O–H groups in total. The number of rotatable bonds is 6. The lowest BCUT2D eigenvalue weighted by Gasteiger charge is -2.15. The molecule has 0 heterocycles. The zero-order chi connectivity index (χ0) is 16.1. The highest BCUT2D eigenvalue weighted by molar-refractivity contribution is 5.89. The normalized spacial score (nSPS) is 10.0. The fourth-order valence-corrected chi connectivity index (χ4v) is 2.26. The minimum Gasteiger partial charge on any atom is -0.497 e. The van der Waals surface area contributed by atoms with Gasteiger partial charge in [-0.1, -0.05) is 0 Å². The Morgan fingerprint density at radius 3 is 1.91 bits per heavy atom. The van der Waals surface area contributed by atoms with Crippen LogP contribution >= 0.6 is 0 Å². The Labute approximate surface area is 129 Å². The molecule has 0 saturated heterocycles. The molecule has 0 radical (unpaired) electrons. The summed E-state index contributed by atoms with van der Waals surface area (Å²) in [4.78, 5) is 11.4. The van der Waals surface area contributed by atoms with Gasteiger partial charge in [-0.25, -0.2) is 0 Å². The third-order valence-electron chi connectivity index (χ3n) is 3.36. The highest BCUT2D eigenvalue weighted by Gasteiger charge is 2.16. The van der Waals surface area contributed by atoms with E-state index in [1.54, 1.807) is 52.7 Å². The summed E-state index contributed by atoms with van der Waals surface area (Å²) in [6, 6.07) is 8.91. The quantitative estimate of drug-likeness (QED) is 0.767. The maximum Gasteiger partial charge on any atom is 0.203 e. The van der Waals surface area contributed by atoms with Crippen molar-refractivity contribution >= 4 is 6.29 Å². The maximum absolute atomic E-state index is 11.4. The number of benzene rings is 2. The largest absolute Gasteiger partial charge is 0.497 e. The average molecular weight is 302 g/mol. The number of aldehydes is 1. The molecule has 0 unspecified atom stereocenters. The minimum atomic E-state index is 0.509. The van der Waals surface area contributed by atoms with Gasteiger partial charge in [-0.3, -0.25) is 4.79 Å². The zero-order valence-corrected chi connectivity index (χ0v) is 13.0. The Morgan fingerprint density at radius 1 is 0.818 bits per heavy atom. The van der Waals surface area contributed by atoms with Crippen LogP contribution in [-0.4, -0.2) is 34.7 Å². The Balaban J connectivity index is 2.64. The minimum absolute atomic E-state index is 0.509. The number of ether oxygens (including phenoxy) is 4. The molecule has 0 fully saturated rings. The fraction of sp³-hybridized carbons (Fsp3) is 0.235. The second kappa shape index (κ2) is 6.85. The second-order valence-electron chi connectivity index (χ2n) is 4.49. The molecule has 116 valence electrons. The molecular weight excluding hydrogens is 284 g/mol. The van der Waals surface area contributed by atoms with Crippen molar-refractivity contribution in [3.8, 4) is 34.1 Å². The van der Waals surface area contributed by atoms with Gasteiger partial charge in [-0.05, 0) is 41.5 Å². The van der Waals surface area contributed by atoms with Gasteiger partial charge < -0.3 is 18.9 Å². The van der Waals surface area contributed by atoms with Crippen LogP contribution in [0.1, 0.15) is 10.4 Å². The number of methoxy groups -OCH3 is 4. The lowest BCUT2D eigenvalue weighted by molar-refractivity contribution is 0.112. The van der Waals surface area contributed by atoms with Gasteiger partial charge in [0, 0.05) is 5.56 Å². The van der Waals surface area contributed by atoms with Crippen molar-refractivity contribution in [2.75, 3.05) is 28.4 Å². The number of carbonyl (C=O) groups is 1. The van der Waals surface area contributed by atoms with Crippen molar-refractivity contribution in [2.24, 2.45) is 0 Å². The van der Waals surface area contributed by atoms with Gasteiger partial charge in [-0.2, -0.15) is 0 Å². The summed E-state index contributed by atoms with van der Waals surface area (Å²) in [5.41, 5.74) is 2.07. The Bertz CT molecular complexity index is 654. The van der Waals surface area contributed by atoms with E-state index in [0.717, 1.165) is 17.4 Å². The molecule has 0 aliphatic rings.